The van der Waals surface area contributed by atoms with E-state index in [2.05, 4.69) is 5.32 Å². The molecular weight excluding hydrogens is 332 g/mol. The number of carbonyl (C=O) groups excluding carboxylic acids is 2. The van der Waals surface area contributed by atoms with Crippen molar-refractivity contribution < 1.29 is 19.4 Å². The second kappa shape index (κ2) is 5.08. The maximum atomic E-state index is 13.2. The molecule has 1 amide bonds. The molecule has 4 rings (SSSR count). The summed E-state index contributed by atoms with van der Waals surface area (Å²) >= 11 is 0. The van der Waals surface area contributed by atoms with Crippen molar-refractivity contribution >= 4 is 17.4 Å². The molecule has 0 bridgehead atoms. The van der Waals surface area contributed by atoms with Crippen LogP contribution in [0.1, 0.15) is 53.7 Å². The molecule has 134 valence electrons. The Morgan fingerprint density at radius 2 is 1.96 bits per heavy atom. The molecule has 6 nitrogen and oxygen atoms in total. The van der Waals surface area contributed by atoms with Crippen molar-refractivity contribution in [2.75, 3.05) is 5.73 Å². The summed E-state index contributed by atoms with van der Waals surface area (Å²) in [6.07, 6.45) is 0. The van der Waals surface area contributed by atoms with Gasteiger partial charge in [-0.15, -0.1) is 0 Å². The van der Waals surface area contributed by atoms with Crippen molar-refractivity contribution in [3.63, 3.8) is 0 Å². The largest absolute Gasteiger partial charge is 0.459 e. The van der Waals surface area contributed by atoms with Gasteiger partial charge in [0.1, 0.15) is 5.75 Å². The predicted molar refractivity (Wildman–Crippen MR) is 95.7 cm³/mol. The van der Waals surface area contributed by atoms with E-state index >= 15 is 0 Å². The summed E-state index contributed by atoms with van der Waals surface area (Å²) in [6, 6.07) is 10.3. The normalized spacial score (nSPS) is 25.5. The molecule has 2 atom stereocenters. The zero-order chi connectivity index (χ0) is 18.9. The van der Waals surface area contributed by atoms with Gasteiger partial charge < -0.3 is 20.9 Å². The number of ether oxygens (including phenoxy) is 1. The highest BCUT2D eigenvalue weighted by Gasteiger charge is 2.71. The smallest absolute Gasteiger partial charge is 0.250 e. The van der Waals surface area contributed by atoms with Crippen LogP contribution in [-0.2, 0) is 16.1 Å². The van der Waals surface area contributed by atoms with Gasteiger partial charge in [0, 0.05) is 23.7 Å². The first kappa shape index (κ1) is 16.6. The molecule has 1 heterocycles. The lowest BCUT2D eigenvalue weighted by Crippen LogP contribution is -2.59. The average Bonchev–Trinajstić information content (AvgIpc) is 2.92. The van der Waals surface area contributed by atoms with Gasteiger partial charge in [0.25, 0.3) is 5.72 Å². The molecule has 2 aliphatic rings. The van der Waals surface area contributed by atoms with Crippen molar-refractivity contribution in [2.45, 2.75) is 38.0 Å². The van der Waals surface area contributed by atoms with Crippen molar-refractivity contribution in [1.82, 2.24) is 5.32 Å². The van der Waals surface area contributed by atoms with E-state index in [0.717, 1.165) is 5.56 Å². The summed E-state index contributed by atoms with van der Waals surface area (Å²) in [6.45, 7) is 5.39. The number of ketones is 1. The van der Waals surface area contributed by atoms with Crippen molar-refractivity contribution in [3.8, 4) is 5.75 Å². The Morgan fingerprint density at radius 3 is 2.62 bits per heavy atom. The molecule has 26 heavy (non-hydrogen) atoms. The van der Waals surface area contributed by atoms with Gasteiger partial charge in [-0.2, -0.15) is 0 Å². The van der Waals surface area contributed by atoms with E-state index in [1.165, 1.54) is 6.92 Å². The maximum Gasteiger partial charge on any atom is 0.250 e. The fourth-order valence-corrected chi connectivity index (χ4v) is 3.97. The minimum atomic E-state index is -2.07. The molecule has 0 radical (unpaired) electrons. The summed E-state index contributed by atoms with van der Waals surface area (Å²) in [5.74, 6) is -0.373. The van der Waals surface area contributed by atoms with Crippen molar-refractivity contribution in [1.29, 1.82) is 0 Å². The molecule has 6 heteroatoms. The Labute approximate surface area is 151 Å². The highest BCUT2D eigenvalue weighted by Crippen LogP contribution is 2.59. The molecule has 0 fully saturated rings. The Kier molecular flexibility index (Phi) is 3.24. The number of carbonyl (C=O) groups is 2. The van der Waals surface area contributed by atoms with Crippen LogP contribution in [0.25, 0.3) is 0 Å². The lowest BCUT2D eigenvalue weighted by atomic mass is 9.84. The molecule has 1 aliphatic heterocycles. The molecular formula is C20H20N2O4. The van der Waals surface area contributed by atoms with E-state index in [4.69, 9.17) is 10.5 Å². The van der Waals surface area contributed by atoms with E-state index in [0.29, 0.717) is 16.9 Å². The van der Waals surface area contributed by atoms with Crippen LogP contribution in [0.5, 0.6) is 5.75 Å². The molecule has 0 spiro atoms. The number of nitrogens with two attached hydrogens (primary N) is 1. The standard InChI is InChI=1S/C20H20N2O4/c1-10(2)12-7-8-13-16(9-12)26-20(22-11(3)23)14-5-4-6-15(21)17(14)18(24)19(13,20)25/h4-10,25H,21H2,1-3H3,(H,22,23). The van der Waals surface area contributed by atoms with E-state index in [1.54, 1.807) is 30.3 Å². The van der Waals surface area contributed by atoms with Gasteiger partial charge in [0.15, 0.2) is 0 Å². The first-order chi connectivity index (χ1) is 12.2. The molecule has 1 aliphatic carbocycles. The molecule has 2 aromatic carbocycles. The predicted octanol–water partition coefficient (Wildman–Crippen LogP) is 2.16. The van der Waals surface area contributed by atoms with Crippen LogP contribution in [0.3, 0.4) is 0 Å². The van der Waals surface area contributed by atoms with Crippen LogP contribution in [0.15, 0.2) is 36.4 Å². The van der Waals surface area contributed by atoms with Gasteiger partial charge in [0.05, 0.1) is 5.56 Å². The fraction of sp³-hybridized carbons (Fsp3) is 0.300. The maximum absolute atomic E-state index is 13.2. The van der Waals surface area contributed by atoms with Crippen LogP contribution in [-0.4, -0.2) is 16.8 Å². The number of benzene rings is 2. The van der Waals surface area contributed by atoms with Crippen molar-refractivity contribution in [3.05, 3.63) is 58.7 Å². The van der Waals surface area contributed by atoms with E-state index < -0.39 is 23.0 Å². The number of hydrogen-bond acceptors (Lipinski definition) is 5. The van der Waals surface area contributed by atoms with E-state index in [1.807, 2.05) is 19.9 Å². The van der Waals surface area contributed by atoms with Crippen LogP contribution >= 0.6 is 0 Å². The number of aliphatic hydroxyl groups is 1. The first-order valence-electron chi connectivity index (χ1n) is 8.50. The number of amides is 1. The zero-order valence-electron chi connectivity index (χ0n) is 14.8. The molecule has 2 unspecified atom stereocenters. The third kappa shape index (κ3) is 1.79. The number of nitrogen functional groups attached to an aromatic ring is 1. The number of Topliss-reactive ketones (excluding diaryl/α,β-unsaturated/α-hetero) is 1. The van der Waals surface area contributed by atoms with Gasteiger partial charge in [-0.25, -0.2) is 0 Å². The third-order valence-corrected chi connectivity index (χ3v) is 5.22. The molecule has 2 aromatic rings. The average molecular weight is 352 g/mol. The van der Waals surface area contributed by atoms with Crippen LogP contribution in [0.4, 0.5) is 5.69 Å². The lowest BCUT2D eigenvalue weighted by molar-refractivity contribution is -0.140. The number of rotatable bonds is 2. The summed E-state index contributed by atoms with van der Waals surface area (Å²) in [5.41, 5.74) is 4.33. The minimum absolute atomic E-state index is 0.183. The van der Waals surface area contributed by atoms with Crippen LogP contribution in [0.2, 0.25) is 0 Å². The summed E-state index contributed by atoms with van der Waals surface area (Å²) in [7, 11) is 0. The Hall–Kier alpha value is -2.86. The topological polar surface area (TPSA) is 102 Å². The van der Waals surface area contributed by atoms with Gasteiger partial charge in [-0.3, -0.25) is 9.59 Å². The Balaban J connectivity index is 2.02. The lowest BCUT2D eigenvalue weighted by Gasteiger charge is -2.34. The monoisotopic (exact) mass is 352 g/mol. The quantitative estimate of drug-likeness (QED) is 0.719. The molecule has 0 saturated heterocycles. The highest BCUT2D eigenvalue weighted by molar-refractivity contribution is 6.13. The van der Waals surface area contributed by atoms with Gasteiger partial charge in [-0.1, -0.05) is 38.1 Å². The van der Waals surface area contributed by atoms with Crippen LogP contribution in [0, 0.1) is 0 Å². The summed E-state index contributed by atoms with van der Waals surface area (Å²) < 4.78 is 6.12. The van der Waals surface area contributed by atoms with E-state index in [-0.39, 0.29) is 17.2 Å². The van der Waals surface area contributed by atoms with Crippen molar-refractivity contribution in [2.24, 2.45) is 0 Å². The Bertz CT molecular complexity index is 968. The molecule has 4 N–H and O–H groups in total. The van der Waals surface area contributed by atoms with Gasteiger partial charge >= 0.3 is 0 Å². The van der Waals surface area contributed by atoms with E-state index in [9.17, 15) is 14.7 Å². The first-order valence-corrected chi connectivity index (χ1v) is 8.50. The summed E-state index contributed by atoms with van der Waals surface area (Å²) in [5, 5.41) is 14.3. The number of hydrogen-bond donors (Lipinski definition) is 3. The third-order valence-electron chi connectivity index (χ3n) is 5.22. The SMILES string of the molecule is CC(=O)NC12Oc3cc(C(C)C)ccc3C1(O)C(=O)c1c(N)cccc12. The Morgan fingerprint density at radius 1 is 1.23 bits per heavy atom. The second-order valence-electron chi connectivity index (χ2n) is 7.18. The number of fused-ring (bicyclic) bond motifs is 5. The van der Waals surface area contributed by atoms with Gasteiger partial charge in [0.2, 0.25) is 17.3 Å². The molecule has 0 saturated carbocycles. The number of nitrogens with one attached hydrogen (secondary N) is 1. The fourth-order valence-electron chi connectivity index (χ4n) is 3.97. The zero-order valence-corrected chi connectivity index (χ0v) is 14.8. The number of anilines is 1. The second-order valence-corrected chi connectivity index (χ2v) is 7.18. The summed E-state index contributed by atoms with van der Waals surface area (Å²) in [4.78, 5) is 25.2. The highest BCUT2D eigenvalue weighted by atomic mass is 16.5. The van der Waals surface area contributed by atoms with Gasteiger partial charge in [-0.05, 0) is 23.6 Å². The minimum Gasteiger partial charge on any atom is -0.459 e. The van der Waals surface area contributed by atoms with Crippen LogP contribution < -0.4 is 15.8 Å². The molecule has 0 aromatic heterocycles.